The first-order chi connectivity index (χ1) is 10.4. The van der Waals surface area contributed by atoms with Crippen LogP contribution in [0.1, 0.15) is 19.4 Å². The Bertz CT molecular complexity index is 740. The van der Waals surface area contributed by atoms with E-state index in [1.807, 2.05) is 32.1 Å². The summed E-state index contributed by atoms with van der Waals surface area (Å²) in [5.74, 6) is -1.41. The average Bonchev–Trinajstić information content (AvgIpc) is 3.04. The second-order valence-electron chi connectivity index (χ2n) is 6.43. The molecule has 1 aromatic rings. The molecule has 3 aliphatic heterocycles. The zero-order valence-corrected chi connectivity index (χ0v) is 12.2. The zero-order chi connectivity index (χ0) is 15.7. The highest BCUT2D eigenvalue weighted by Crippen LogP contribution is 2.57. The van der Waals surface area contributed by atoms with E-state index < -0.39 is 23.0 Å². The van der Waals surface area contributed by atoms with E-state index in [2.05, 4.69) is 0 Å². The van der Waals surface area contributed by atoms with Crippen molar-refractivity contribution in [1.29, 1.82) is 5.26 Å². The number of anilines is 1. The molecule has 1 aromatic carbocycles. The maximum absolute atomic E-state index is 12.8. The van der Waals surface area contributed by atoms with Gasteiger partial charge in [-0.15, -0.1) is 0 Å². The van der Waals surface area contributed by atoms with Crippen LogP contribution >= 0.6 is 0 Å². The molecule has 2 bridgehead atoms. The van der Waals surface area contributed by atoms with Crippen molar-refractivity contribution >= 4 is 17.5 Å². The first kappa shape index (κ1) is 13.2. The lowest BCUT2D eigenvalue weighted by atomic mass is 9.73. The summed E-state index contributed by atoms with van der Waals surface area (Å²) in [6.07, 6.45) is 3.78. The molecule has 4 rings (SSSR count). The van der Waals surface area contributed by atoms with E-state index in [4.69, 9.17) is 10.00 Å². The molecule has 3 aliphatic rings. The number of nitriles is 1. The molecular weight excluding hydrogens is 280 g/mol. The van der Waals surface area contributed by atoms with E-state index in [0.717, 1.165) is 0 Å². The molecule has 3 heterocycles. The highest BCUT2D eigenvalue weighted by atomic mass is 16.5. The number of ether oxygens (including phenoxy) is 1. The van der Waals surface area contributed by atoms with Crippen molar-refractivity contribution in [2.24, 2.45) is 11.8 Å². The largest absolute Gasteiger partial charge is 0.359 e. The highest BCUT2D eigenvalue weighted by molar-refractivity contribution is 6.23. The van der Waals surface area contributed by atoms with E-state index in [1.54, 1.807) is 24.3 Å². The van der Waals surface area contributed by atoms with Crippen molar-refractivity contribution in [3.8, 4) is 6.07 Å². The van der Waals surface area contributed by atoms with Gasteiger partial charge in [-0.05, 0) is 38.1 Å². The number of carbonyl (C=O) groups is 2. The summed E-state index contributed by atoms with van der Waals surface area (Å²) in [6, 6.07) is 8.51. The fourth-order valence-corrected chi connectivity index (χ4v) is 3.97. The van der Waals surface area contributed by atoms with Gasteiger partial charge in [0.2, 0.25) is 11.8 Å². The number of hydrogen-bond donors (Lipinski definition) is 0. The molecule has 0 saturated carbocycles. The normalized spacial score (nSPS) is 38.5. The maximum Gasteiger partial charge on any atom is 0.241 e. The van der Waals surface area contributed by atoms with E-state index in [1.165, 1.54) is 4.90 Å². The van der Waals surface area contributed by atoms with Crippen LogP contribution in [0.15, 0.2) is 36.4 Å². The molecule has 2 fully saturated rings. The van der Waals surface area contributed by atoms with Gasteiger partial charge in [0, 0.05) is 0 Å². The Morgan fingerprint density at radius 3 is 2.00 bits per heavy atom. The van der Waals surface area contributed by atoms with Gasteiger partial charge in [-0.25, -0.2) is 4.90 Å². The predicted molar refractivity (Wildman–Crippen MR) is 77.7 cm³/mol. The molecule has 22 heavy (non-hydrogen) atoms. The van der Waals surface area contributed by atoms with Crippen LogP contribution in [0.4, 0.5) is 5.69 Å². The number of rotatable bonds is 1. The minimum absolute atomic E-state index is 0.227. The molecule has 110 valence electrons. The minimum atomic E-state index is -0.715. The van der Waals surface area contributed by atoms with Gasteiger partial charge in [-0.1, -0.05) is 12.2 Å². The molecule has 2 saturated heterocycles. The van der Waals surface area contributed by atoms with Gasteiger partial charge >= 0.3 is 0 Å². The van der Waals surface area contributed by atoms with Crippen LogP contribution in [-0.2, 0) is 14.3 Å². The van der Waals surface area contributed by atoms with Crippen LogP contribution in [0.5, 0.6) is 0 Å². The van der Waals surface area contributed by atoms with E-state index in [9.17, 15) is 9.59 Å². The van der Waals surface area contributed by atoms with Crippen molar-refractivity contribution < 1.29 is 14.3 Å². The Morgan fingerprint density at radius 1 is 1.05 bits per heavy atom. The van der Waals surface area contributed by atoms with Gasteiger partial charge in [0.25, 0.3) is 0 Å². The SMILES string of the molecule is C[C@]12C=C[C@](C)(O1)[C@H]1C(=O)N(c3ccc(C#N)cc3)C(=O)[C@H]12. The van der Waals surface area contributed by atoms with Crippen molar-refractivity contribution in [2.75, 3.05) is 4.90 Å². The fraction of sp³-hybridized carbons (Fsp3) is 0.353. The number of nitrogens with zero attached hydrogens (tertiary/aromatic N) is 2. The standard InChI is InChI=1S/C17H14N2O3/c1-16-7-8-17(2,22-16)13-12(16)14(20)19(15(13)21)11-5-3-10(9-18)4-6-11/h3-8,12-13H,1-2H3/t12-,13+,16+,17-. The van der Waals surface area contributed by atoms with Crippen LogP contribution in [0.25, 0.3) is 0 Å². The van der Waals surface area contributed by atoms with Gasteiger partial charge in [0.15, 0.2) is 0 Å². The number of hydrogen-bond acceptors (Lipinski definition) is 4. The molecule has 0 unspecified atom stereocenters. The van der Waals surface area contributed by atoms with Crippen molar-refractivity contribution in [1.82, 2.24) is 0 Å². The second kappa shape index (κ2) is 3.84. The third-order valence-corrected chi connectivity index (χ3v) is 4.98. The lowest BCUT2D eigenvalue weighted by Gasteiger charge is -2.25. The first-order valence-corrected chi connectivity index (χ1v) is 7.18. The van der Waals surface area contributed by atoms with Crippen molar-refractivity contribution in [3.63, 3.8) is 0 Å². The summed E-state index contributed by atoms with van der Waals surface area (Å²) < 4.78 is 5.95. The van der Waals surface area contributed by atoms with Gasteiger partial charge in [-0.3, -0.25) is 9.59 Å². The quantitative estimate of drug-likeness (QED) is 0.585. The molecule has 0 radical (unpaired) electrons. The average molecular weight is 294 g/mol. The fourth-order valence-electron chi connectivity index (χ4n) is 3.97. The van der Waals surface area contributed by atoms with Crippen LogP contribution < -0.4 is 4.90 Å². The Kier molecular flexibility index (Phi) is 2.31. The number of benzene rings is 1. The summed E-state index contributed by atoms with van der Waals surface area (Å²) in [5.41, 5.74) is -0.428. The number of fused-ring (bicyclic) bond motifs is 5. The number of imide groups is 1. The second-order valence-corrected chi connectivity index (χ2v) is 6.43. The van der Waals surface area contributed by atoms with Gasteiger partial charge < -0.3 is 4.74 Å². The van der Waals surface area contributed by atoms with Crippen molar-refractivity contribution in [3.05, 3.63) is 42.0 Å². The molecule has 0 aromatic heterocycles. The van der Waals surface area contributed by atoms with E-state index >= 15 is 0 Å². The van der Waals surface area contributed by atoms with E-state index in [-0.39, 0.29) is 11.8 Å². The first-order valence-electron chi connectivity index (χ1n) is 7.18. The minimum Gasteiger partial charge on any atom is -0.359 e. The Balaban J connectivity index is 1.78. The lowest BCUT2D eigenvalue weighted by molar-refractivity contribution is -0.128. The van der Waals surface area contributed by atoms with Crippen molar-refractivity contribution in [2.45, 2.75) is 25.0 Å². The van der Waals surface area contributed by atoms with Gasteiger partial charge in [0.05, 0.1) is 40.4 Å². The van der Waals surface area contributed by atoms with Crippen LogP contribution in [0, 0.1) is 23.2 Å². The Morgan fingerprint density at radius 2 is 1.55 bits per heavy atom. The summed E-state index contributed by atoms with van der Waals surface area (Å²) in [5, 5.41) is 8.85. The molecule has 2 amide bonds. The van der Waals surface area contributed by atoms with Gasteiger partial charge in [0.1, 0.15) is 0 Å². The van der Waals surface area contributed by atoms with Crippen LogP contribution in [0.3, 0.4) is 0 Å². The number of carbonyl (C=O) groups excluding carboxylic acids is 2. The third-order valence-electron chi connectivity index (χ3n) is 4.98. The summed E-state index contributed by atoms with van der Waals surface area (Å²) >= 11 is 0. The number of amides is 2. The summed E-state index contributed by atoms with van der Waals surface area (Å²) in [4.78, 5) is 26.9. The molecule has 5 nitrogen and oxygen atoms in total. The molecular formula is C17H14N2O3. The molecule has 0 aliphatic carbocycles. The zero-order valence-electron chi connectivity index (χ0n) is 12.2. The van der Waals surface area contributed by atoms with Crippen LogP contribution in [-0.4, -0.2) is 23.0 Å². The smallest absolute Gasteiger partial charge is 0.241 e. The maximum atomic E-state index is 12.8. The lowest BCUT2D eigenvalue weighted by Crippen LogP contribution is -2.39. The topological polar surface area (TPSA) is 70.4 Å². The van der Waals surface area contributed by atoms with Crippen LogP contribution in [0.2, 0.25) is 0 Å². The molecule has 0 spiro atoms. The summed E-state index contributed by atoms with van der Waals surface area (Å²) in [7, 11) is 0. The monoisotopic (exact) mass is 294 g/mol. The predicted octanol–water partition coefficient (Wildman–Crippen LogP) is 1.78. The summed E-state index contributed by atoms with van der Waals surface area (Å²) in [6.45, 7) is 3.71. The third kappa shape index (κ3) is 1.40. The Labute approximate surface area is 127 Å². The van der Waals surface area contributed by atoms with E-state index in [0.29, 0.717) is 11.3 Å². The Hall–Kier alpha value is -2.45. The van der Waals surface area contributed by atoms with Gasteiger partial charge in [-0.2, -0.15) is 5.26 Å². The molecule has 4 atom stereocenters. The molecule has 0 N–H and O–H groups in total. The molecule has 5 heteroatoms. The highest BCUT2D eigenvalue weighted by Gasteiger charge is 2.70.